The molecule has 1 saturated heterocycles. The van der Waals surface area contributed by atoms with Crippen molar-refractivity contribution >= 4 is 45.0 Å². The lowest BCUT2D eigenvalue weighted by molar-refractivity contribution is -0.179. The minimum atomic E-state index is -3.78. The van der Waals surface area contributed by atoms with Crippen LogP contribution in [0.3, 0.4) is 0 Å². The number of aromatic nitrogens is 1. The second-order valence-corrected chi connectivity index (χ2v) is 13.6. The van der Waals surface area contributed by atoms with Gasteiger partial charge in [0.1, 0.15) is 18.0 Å². The Morgan fingerprint density at radius 2 is 1.85 bits per heavy atom. The van der Waals surface area contributed by atoms with Crippen LogP contribution in [0.2, 0.25) is 10.0 Å². The fourth-order valence-electron chi connectivity index (χ4n) is 5.67. The molecule has 2 fully saturated rings. The van der Waals surface area contributed by atoms with Crippen LogP contribution in [0, 0.1) is 0 Å². The van der Waals surface area contributed by atoms with E-state index in [1.807, 2.05) is 42.2 Å². The Bertz CT molecular complexity index is 1500. The van der Waals surface area contributed by atoms with Gasteiger partial charge in [0.25, 0.3) is 5.91 Å². The molecule has 1 aromatic heterocycles. The van der Waals surface area contributed by atoms with E-state index < -0.39 is 33.0 Å². The molecule has 5 rings (SSSR count). The molecule has 2 aliphatic rings. The van der Waals surface area contributed by atoms with Crippen LogP contribution in [0.25, 0.3) is 0 Å². The van der Waals surface area contributed by atoms with Crippen molar-refractivity contribution in [3.05, 3.63) is 107 Å². The predicted octanol–water partition coefficient (Wildman–Crippen LogP) is 7.12. The normalized spacial score (nSPS) is 22.7. The zero-order chi connectivity index (χ0) is 29.2. The lowest BCUT2D eigenvalue weighted by atomic mass is 9.88. The van der Waals surface area contributed by atoms with Gasteiger partial charge in [-0.3, -0.25) is 9.52 Å². The van der Waals surface area contributed by atoms with Crippen LogP contribution in [0.5, 0.6) is 0 Å². The van der Waals surface area contributed by atoms with Gasteiger partial charge in [-0.15, -0.1) is 6.58 Å². The van der Waals surface area contributed by atoms with Crippen LogP contribution in [0.1, 0.15) is 62.3 Å². The van der Waals surface area contributed by atoms with Gasteiger partial charge in [-0.05, 0) is 73.2 Å². The first kappa shape index (κ1) is 29.6. The van der Waals surface area contributed by atoms with Crippen molar-refractivity contribution in [3.8, 4) is 0 Å². The van der Waals surface area contributed by atoms with Crippen LogP contribution < -0.4 is 4.72 Å². The van der Waals surface area contributed by atoms with E-state index >= 15 is 0 Å². The molecule has 1 saturated carbocycles. The van der Waals surface area contributed by atoms with E-state index in [1.165, 1.54) is 0 Å². The summed E-state index contributed by atoms with van der Waals surface area (Å²) in [6.07, 6.45) is 4.06. The summed E-state index contributed by atoms with van der Waals surface area (Å²) in [5.41, 5.74) is 1.66. The van der Waals surface area contributed by atoms with Crippen LogP contribution in [-0.4, -0.2) is 41.1 Å². The zero-order valence-corrected chi connectivity index (χ0v) is 25.1. The van der Waals surface area contributed by atoms with Crippen molar-refractivity contribution in [3.63, 3.8) is 0 Å². The van der Waals surface area contributed by atoms with Gasteiger partial charge >= 0.3 is 0 Å². The number of halogens is 2. The first-order valence-corrected chi connectivity index (χ1v) is 15.9. The first-order valence-electron chi connectivity index (χ1n) is 13.7. The first-order chi connectivity index (χ1) is 19.7. The van der Waals surface area contributed by atoms with Crippen molar-refractivity contribution in [2.24, 2.45) is 0 Å². The summed E-state index contributed by atoms with van der Waals surface area (Å²) in [4.78, 5) is 20.2. The van der Waals surface area contributed by atoms with Crippen LogP contribution >= 0.6 is 23.2 Å². The van der Waals surface area contributed by atoms with E-state index in [0.29, 0.717) is 35.7 Å². The molecular formula is C31H33Cl2N3O4S. The highest BCUT2D eigenvalue weighted by Gasteiger charge is 2.57. The maximum Gasteiger partial charge on any atom is 0.252 e. The fraction of sp³-hybridized carbons (Fsp3) is 0.355. The molecule has 0 unspecified atom stereocenters. The molecule has 0 radical (unpaired) electrons. The van der Waals surface area contributed by atoms with E-state index in [9.17, 15) is 13.2 Å². The second-order valence-electron chi connectivity index (χ2n) is 10.6. The third-order valence-electron chi connectivity index (χ3n) is 7.95. The molecule has 216 valence electrons. The average molecular weight is 615 g/mol. The molecule has 0 spiro atoms. The molecule has 2 aromatic carbocycles. The Kier molecular flexibility index (Phi) is 8.76. The van der Waals surface area contributed by atoms with Crippen molar-refractivity contribution in [2.75, 3.05) is 4.72 Å². The number of rotatable bonds is 11. The number of hydrogen-bond acceptors (Lipinski definition) is 5. The van der Waals surface area contributed by atoms with E-state index in [2.05, 4.69) is 16.3 Å². The van der Waals surface area contributed by atoms with Gasteiger partial charge in [-0.25, -0.2) is 13.4 Å². The summed E-state index contributed by atoms with van der Waals surface area (Å²) in [6, 6.07) is 19.0. The Morgan fingerprint density at radius 3 is 2.46 bits per heavy atom. The van der Waals surface area contributed by atoms with E-state index in [-0.39, 0.29) is 24.2 Å². The Labute approximate surface area is 251 Å². The molecule has 41 heavy (non-hydrogen) atoms. The summed E-state index contributed by atoms with van der Waals surface area (Å²) in [5, 5.41) is 1.13. The summed E-state index contributed by atoms with van der Waals surface area (Å²) in [6.45, 7) is 5.82. The number of amides is 1. The molecule has 1 aliphatic heterocycles. The number of benzene rings is 2. The topological polar surface area (TPSA) is 88.6 Å². The van der Waals surface area contributed by atoms with E-state index in [4.69, 9.17) is 27.9 Å². The second kappa shape index (κ2) is 12.1. The smallest absolute Gasteiger partial charge is 0.252 e. The quantitative estimate of drug-likeness (QED) is 0.233. The number of ether oxygens (including phenoxy) is 1. The number of pyridine rings is 1. The van der Waals surface area contributed by atoms with E-state index in [0.717, 1.165) is 11.1 Å². The molecule has 1 aliphatic carbocycles. The highest BCUT2D eigenvalue weighted by atomic mass is 35.5. The zero-order valence-electron chi connectivity index (χ0n) is 22.7. The number of sulfonamides is 1. The maximum absolute atomic E-state index is 14.2. The minimum absolute atomic E-state index is 0.194. The largest absolute Gasteiger partial charge is 0.358 e. The number of anilines is 1. The standard InChI is InChI=1S/C31H33Cl2N3O4S/c1-3-8-26-30(37)36(25(4-2)20-31(16-17-31)41(38,39)35-27-11-5-6-18-34-27)28(21-12-14-23(32)15-13-21)29(40-26)22-9-7-10-24(33)19-22/h3,5-7,9-15,18-19,25-26,28-29H,1,4,8,16-17,20H2,2H3,(H,34,35)/t25-,26+,28+,29+/m0/s1. The summed E-state index contributed by atoms with van der Waals surface area (Å²) in [5.74, 6) is 0.0845. The average Bonchev–Trinajstić information content (AvgIpc) is 3.75. The Hall–Kier alpha value is -2.91. The molecule has 4 atom stereocenters. The summed E-state index contributed by atoms with van der Waals surface area (Å²) in [7, 11) is -3.78. The van der Waals surface area contributed by atoms with Crippen LogP contribution in [0.4, 0.5) is 5.82 Å². The molecule has 2 heterocycles. The number of carbonyl (C=O) groups excluding carboxylic acids is 1. The molecule has 3 aromatic rings. The van der Waals surface area contributed by atoms with Crippen molar-refractivity contribution < 1.29 is 17.9 Å². The lowest BCUT2D eigenvalue weighted by Gasteiger charge is -2.48. The van der Waals surface area contributed by atoms with Crippen molar-refractivity contribution in [1.29, 1.82) is 0 Å². The van der Waals surface area contributed by atoms with Gasteiger partial charge in [-0.2, -0.15) is 0 Å². The highest BCUT2D eigenvalue weighted by molar-refractivity contribution is 7.94. The van der Waals surface area contributed by atoms with E-state index in [1.54, 1.807) is 48.7 Å². The summed E-state index contributed by atoms with van der Waals surface area (Å²) >= 11 is 12.6. The van der Waals surface area contributed by atoms with Crippen molar-refractivity contribution in [1.82, 2.24) is 9.88 Å². The van der Waals surface area contributed by atoms with Gasteiger partial charge in [0.2, 0.25) is 10.0 Å². The van der Waals surface area contributed by atoms with Gasteiger partial charge < -0.3 is 9.64 Å². The fourth-order valence-corrected chi connectivity index (χ4v) is 7.66. The number of hydrogen-bond donors (Lipinski definition) is 1. The number of morpholine rings is 1. The Morgan fingerprint density at radius 1 is 1.10 bits per heavy atom. The maximum atomic E-state index is 14.2. The number of nitrogens with one attached hydrogen (secondary N) is 1. The summed E-state index contributed by atoms with van der Waals surface area (Å²) < 4.78 is 35.5. The number of nitrogens with zero attached hydrogens (tertiary/aromatic N) is 2. The van der Waals surface area contributed by atoms with Gasteiger partial charge in [-0.1, -0.05) is 66.5 Å². The molecule has 10 heteroatoms. The van der Waals surface area contributed by atoms with Gasteiger partial charge in [0, 0.05) is 28.7 Å². The lowest BCUT2D eigenvalue weighted by Crippen LogP contribution is -2.55. The van der Waals surface area contributed by atoms with Crippen LogP contribution in [0.15, 0.2) is 85.6 Å². The third kappa shape index (κ3) is 6.16. The van der Waals surface area contributed by atoms with Gasteiger partial charge in [0.15, 0.2) is 0 Å². The molecule has 0 bridgehead atoms. The molecular weight excluding hydrogens is 581 g/mol. The van der Waals surface area contributed by atoms with Crippen LogP contribution in [-0.2, 0) is 19.6 Å². The number of carbonyl (C=O) groups is 1. The molecule has 7 nitrogen and oxygen atoms in total. The van der Waals surface area contributed by atoms with Crippen molar-refractivity contribution in [2.45, 2.75) is 68.1 Å². The highest BCUT2D eigenvalue weighted by Crippen LogP contribution is 2.51. The SMILES string of the molecule is C=CC[C@H]1O[C@H](c2cccc(Cl)c2)[C@@H](c2ccc(Cl)cc2)N([C@@H](CC)CC2(S(=O)(=O)Nc3ccccn3)CC2)C1=O. The molecule has 1 amide bonds. The Balaban J connectivity index is 1.56. The monoisotopic (exact) mass is 613 g/mol. The minimum Gasteiger partial charge on any atom is -0.358 e. The predicted molar refractivity (Wildman–Crippen MR) is 162 cm³/mol. The molecule has 1 N–H and O–H groups in total. The third-order valence-corrected chi connectivity index (χ3v) is 10.6. The van der Waals surface area contributed by atoms with Gasteiger partial charge in [0.05, 0.1) is 10.8 Å².